The van der Waals surface area contributed by atoms with Crippen LogP contribution in [-0.2, 0) is 0 Å². The Kier molecular flexibility index (Phi) is 6.86. The fourth-order valence-corrected chi connectivity index (χ4v) is 1.03. The summed E-state index contributed by atoms with van der Waals surface area (Å²) in [5, 5.41) is 4.24. The molecule has 0 bridgehead atoms. The second-order valence-electron chi connectivity index (χ2n) is 2.18. The predicted octanol–water partition coefficient (Wildman–Crippen LogP) is 1.90. The fourth-order valence-electron chi connectivity index (χ4n) is 0.751. The third-order valence-corrected chi connectivity index (χ3v) is 1.84. The molecule has 1 N–H and O–H groups in total. The van der Waals surface area contributed by atoms with E-state index in [4.69, 9.17) is 0 Å². The number of nitrogens with one attached hydrogen (secondary N) is 1. The molecular weight excluding hydrogens is 215 g/mol. The van der Waals surface area contributed by atoms with Gasteiger partial charge in [-0.2, -0.15) is 0 Å². The summed E-state index contributed by atoms with van der Waals surface area (Å²) in [6.07, 6.45) is 2.91. The smallest absolute Gasteiger partial charge is 0.125 e. The van der Waals surface area contributed by atoms with Crippen LogP contribution in [0, 0.1) is 0 Å². The molecule has 0 amide bonds. The molecule has 0 spiro atoms. The highest BCUT2D eigenvalue weighted by atomic mass is 79.9. The van der Waals surface area contributed by atoms with Gasteiger partial charge in [-0.05, 0) is 18.6 Å². The van der Waals surface area contributed by atoms with Gasteiger partial charge in [0.1, 0.15) is 5.82 Å². The van der Waals surface area contributed by atoms with Crippen molar-refractivity contribution in [2.24, 2.45) is 0 Å². The molecule has 1 aromatic heterocycles. The summed E-state index contributed by atoms with van der Waals surface area (Å²) in [6, 6.07) is 5.85. The Bertz CT molecular complexity index is 194. The number of alkyl halides is 1. The van der Waals surface area contributed by atoms with Crippen molar-refractivity contribution >= 4 is 30.2 Å². The Morgan fingerprint density at radius 2 is 2.25 bits per heavy atom. The Labute approximate surface area is 83.5 Å². The third-order valence-electron chi connectivity index (χ3n) is 1.28. The van der Waals surface area contributed by atoms with E-state index in [-0.39, 0.29) is 8.41 Å². The maximum Gasteiger partial charge on any atom is 0.125 e. The lowest BCUT2D eigenvalue weighted by atomic mass is 10.4. The van der Waals surface area contributed by atoms with Crippen molar-refractivity contribution in [3.8, 4) is 0 Å². The molecule has 63 valence electrons. The van der Waals surface area contributed by atoms with E-state index in [2.05, 4.69) is 26.2 Å². The highest BCUT2D eigenvalue weighted by Gasteiger charge is 1.88. The van der Waals surface area contributed by atoms with Crippen molar-refractivity contribution in [1.29, 1.82) is 0 Å². The highest BCUT2D eigenvalue weighted by Crippen LogP contribution is 1.99. The van der Waals surface area contributed by atoms with Gasteiger partial charge in [0.15, 0.2) is 0 Å². The number of pyridine rings is 1. The molecule has 0 aliphatic carbocycles. The van der Waals surface area contributed by atoms with E-state index in [1.807, 2.05) is 18.2 Å². The quantitative estimate of drug-likeness (QED) is 0.481. The zero-order chi connectivity index (χ0) is 7.94. The first-order valence-electron chi connectivity index (χ1n) is 3.64. The number of aromatic nitrogens is 1. The lowest BCUT2D eigenvalue weighted by Gasteiger charge is -2.01. The van der Waals surface area contributed by atoms with E-state index in [9.17, 15) is 0 Å². The standard InChI is InChI=1S/C8H11BrN2.B/c9-5-3-7-11-8-4-1-2-6-10-8;/h1-2,4,6H,3,5,7H2,(H,10,11);. The normalized spacial score (nSPS) is 8.75. The van der Waals surface area contributed by atoms with E-state index in [0.29, 0.717) is 0 Å². The summed E-state index contributed by atoms with van der Waals surface area (Å²) < 4.78 is 0. The van der Waals surface area contributed by atoms with Crippen molar-refractivity contribution in [3.05, 3.63) is 24.4 Å². The van der Waals surface area contributed by atoms with Crippen LogP contribution >= 0.6 is 15.9 Å². The molecule has 0 aliphatic rings. The molecular formula is C8H11BBrN2. The topological polar surface area (TPSA) is 24.9 Å². The molecule has 0 fully saturated rings. The average molecular weight is 226 g/mol. The minimum Gasteiger partial charge on any atom is -0.370 e. The van der Waals surface area contributed by atoms with E-state index in [0.717, 1.165) is 24.1 Å². The summed E-state index contributed by atoms with van der Waals surface area (Å²) in [5.41, 5.74) is 0. The fraction of sp³-hybridized carbons (Fsp3) is 0.375. The van der Waals surface area contributed by atoms with Crippen molar-refractivity contribution in [3.63, 3.8) is 0 Å². The summed E-state index contributed by atoms with van der Waals surface area (Å²) in [7, 11) is 0. The van der Waals surface area contributed by atoms with Crippen LogP contribution < -0.4 is 5.32 Å². The van der Waals surface area contributed by atoms with Crippen LogP contribution in [0.4, 0.5) is 5.82 Å². The summed E-state index contributed by atoms with van der Waals surface area (Å²) in [4.78, 5) is 4.12. The van der Waals surface area contributed by atoms with Gasteiger partial charge in [0.25, 0.3) is 0 Å². The Hall–Kier alpha value is -0.505. The highest BCUT2D eigenvalue weighted by molar-refractivity contribution is 9.09. The summed E-state index contributed by atoms with van der Waals surface area (Å²) in [6.45, 7) is 0.974. The number of hydrogen-bond donors (Lipinski definition) is 1. The minimum atomic E-state index is 0. The maximum atomic E-state index is 4.12. The van der Waals surface area contributed by atoms with E-state index >= 15 is 0 Å². The van der Waals surface area contributed by atoms with Gasteiger partial charge in [-0.3, -0.25) is 0 Å². The predicted molar refractivity (Wildman–Crippen MR) is 56.9 cm³/mol. The van der Waals surface area contributed by atoms with Crippen LogP contribution in [0.1, 0.15) is 6.42 Å². The number of nitrogens with zero attached hydrogens (tertiary/aromatic N) is 1. The molecule has 3 radical (unpaired) electrons. The lowest BCUT2D eigenvalue weighted by molar-refractivity contribution is 0.987. The van der Waals surface area contributed by atoms with Crippen molar-refractivity contribution in [2.45, 2.75) is 6.42 Å². The number of rotatable bonds is 4. The first-order chi connectivity index (χ1) is 5.43. The Morgan fingerprint density at radius 1 is 1.42 bits per heavy atom. The van der Waals surface area contributed by atoms with Gasteiger partial charge in [-0.15, -0.1) is 0 Å². The van der Waals surface area contributed by atoms with Gasteiger partial charge in [0.2, 0.25) is 0 Å². The molecule has 1 heterocycles. The zero-order valence-electron chi connectivity index (χ0n) is 6.83. The van der Waals surface area contributed by atoms with Gasteiger partial charge < -0.3 is 5.32 Å². The average Bonchev–Trinajstić information content (AvgIpc) is 2.07. The number of halogens is 1. The molecule has 4 heteroatoms. The molecule has 1 aromatic rings. The first kappa shape index (κ1) is 11.5. The van der Waals surface area contributed by atoms with Crippen molar-refractivity contribution in [1.82, 2.24) is 4.98 Å². The molecule has 0 saturated heterocycles. The molecule has 0 aromatic carbocycles. The Balaban J connectivity index is 0.00000121. The molecule has 0 saturated carbocycles. The van der Waals surface area contributed by atoms with Crippen LogP contribution in [-0.4, -0.2) is 25.3 Å². The van der Waals surface area contributed by atoms with Crippen LogP contribution in [0.3, 0.4) is 0 Å². The monoisotopic (exact) mass is 225 g/mol. The summed E-state index contributed by atoms with van der Waals surface area (Å²) in [5.74, 6) is 0.952. The molecule has 0 unspecified atom stereocenters. The number of anilines is 1. The van der Waals surface area contributed by atoms with Gasteiger partial charge in [-0.1, -0.05) is 22.0 Å². The second kappa shape index (κ2) is 7.16. The second-order valence-corrected chi connectivity index (χ2v) is 2.98. The van der Waals surface area contributed by atoms with E-state index in [1.54, 1.807) is 6.20 Å². The first-order valence-corrected chi connectivity index (χ1v) is 4.76. The summed E-state index contributed by atoms with van der Waals surface area (Å²) >= 11 is 3.36. The lowest BCUT2D eigenvalue weighted by Crippen LogP contribution is -2.02. The third kappa shape index (κ3) is 4.39. The van der Waals surface area contributed by atoms with Gasteiger partial charge >= 0.3 is 0 Å². The van der Waals surface area contributed by atoms with Crippen molar-refractivity contribution < 1.29 is 0 Å². The maximum absolute atomic E-state index is 4.12. The van der Waals surface area contributed by atoms with Crippen LogP contribution in [0.5, 0.6) is 0 Å². The van der Waals surface area contributed by atoms with Gasteiger partial charge in [-0.25, -0.2) is 4.98 Å². The van der Waals surface area contributed by atoms with Crippen LogP contribution in [0.15, 0.2) is 24.4 Å². The molecule has 1 rings (SSSR count). The van der Waals surface area contributed by atoms with Crippen LogP contribution in [0.25, 0.3) is 0 Å². The van der Waals surface area contributed by atoms with E-state index in [1.165, 1.54) is 0 Å². The zero-order valence-corrected chi connectivity index (χ0v) is 8.42. The van der Waals surface area contributed by atoms with E-state index < -0.39 is 0 Å². The molecule has 2 nitrogen and oxygen atoms in total. The molecule has 0 atom stereocenters. The van der Waals surface area contributed by atoms with Crippen molar-refractivity contribution in [2.75, 3.05) is 17.2 Å². The molecule has 12 heavy (non-hydrogen) atoms. The van der Waals surface area contributed by atoms with Gasteiger partial charge in [0, 0.05) is 26.5 Å². The molecule has 0 aliphatic heterocycles. The van der Waals surface area contributed by atoms with Gasteiger partial charge in [0.05, 0.1) is 0 Å². The Morgan fingerprint density at radius 3 is 2.83 bits per heavy atom. The number of hydrogen-bond acceptors (Lipinski definition) is 2. The minimum absolute atomic E-state index is 0. The largest absolute Gasteiger partial charge is 0.370 e. The SMILES string of the molecule is BrCCCNc1ccccn1.[B]. The van der Waals surface area contributed by atoms with Crippen LogP contribution in [0.2, 0.25) is 0 Å².